The molecule has 0 aliphatic carbocycles. The van der Waals surface area contributed by atoms with Crippen molar-refractivity contribution in [3.8, 4) is 17.2 Å². The van der Waals surface area contributed by atoms with Crippen molar-refractivity contribution in [1.29, 1.82) is 0 Å². The minimum absolute atomic E-state index is 0.363. The summed E-state index contributed by atoms with van der Waals surface area (Å²) in [5.41, 5.74) is 7.78. The molecule has 1 unspecified atom stereocenters. The third-order valence-electron chi connectivity index (χ3n) is 4.62. The van der Waals surface area contributed by atoms with Crippen molar-refractivity contribution < 1.29 is 19.1 Å². The molecule has 2 amide bonds. The van der Waals surface area contributed by atoms with Crippen molar-refractivity contribution in [3.05, 3.63) is 71.5 Å². The molecule has 3 rings (SSSR count). The zero-order valence-electron chi connectivity index (χ0n) is 18.0. The number of aryl methyl sites for hydroxylation is 1. The van der Waals surface area contributed by atoms with Crippen molar-refractivity contribution in [2.75, 3.05) is 6.61 Å². The Hall–Kier alpha value is -3.81. The van der Waals surface area contributed by atoms with E-state index in [4.69, 9.17) is 9.47 Å². The molecule has 8 nitrogen and oxygen atoms in total. The first-order valence-corrected chi connectivity index (χ1v) is 10.0. The van der Waals surface area contributed by atoms with Crippen LogP contribution in [0, 0.1) is 13.8 Å². The van der Waals surface area contributed by atoms with Crippen molar-refractivity contribution >= 4 is 11.8 Å². The zero-order chi connectivity index (χ0) is 22.4. The monoisotopic (exact) mass is 422 g/mol. The van der Waals surface area contributed by atoms with Crippen LogP contribution in [0.2, 0.25) is 0 Å². The number of aromatic nitrogens is 2. The molecule has 3 aromatic rings. The van der Waals surface area contributed by atoms with E-state index in [9.17, 15) is 9.59 Å². The van der Waals surface area contributed by atoms with Gasteiger partial charge in [0.25, 0.3) is 11.8 Å². The maximum atomic E-state index is 12.5. The first kappa shape index (κ1) is 21.9. The summed E-state index contributed by atoms with van der Waals surface area (Å²) in [6.45, 7) is 7.85. The highest BCUT2D eigenvalue weighted by molar-refractivity contribution is 5.96. The Morgan fingerprint density at radius 2 is 1.77 bits per heavy atom. The third-order valence-corrected chi connectivity index (χ3v) is 4.62. The number of benzene rings is 2. The van der Waals surface area contributed by atoms with Gasteiger partial charge in [-0.1, -0.05) is 12.1 Å². The smallest absolute Gasteiger partial charge is 0.279 e. The normalized spacial score (nSPS) is 11.5. The van der Waals surface area contributed by atoms with E-state index in [2.05, 4.69) is 16.0 Å². The van der Waals surface area contributed by atoms with Crippen LogP contribution >= 0.6 is 0 Å². The third kappa shape index (κ3) is 5.42. The Morgan fingerprint density at radius 1 is 1.06 bits per heavy atom. The van der Waals surface area contributed by atoms with Crippen LogP contribution in [-0.4, -0.2) is 34.3 Å². The number of hydrogen-bond acceptors (Lipinski definition) is 5. The number of nitrogens with zero attached hydrogens (tertiary/aromatic N) is 2. The summed E-state index contributed by atoms with van der Waals surface area (Å²) >= 11 is 0. The lowest BCUT2D eigenvalue weighted by Crippen LogP contribution is -2.47. The van der Waals surface area contributed by atoms with Gasteiger partial charge >= 0.3 is 0 Å². The number of hydrazine groups is 1. The van der Waals surface area contributed by atoms with E-state index < -0.39 is 17.9 Å². The highest BCUT2D eigenvalue weighted by Gasteiger charge is 2.19. The summed E-state index contributed by atoms with van der Waals surface area (Å²) in [7, 11) is 0. The number of carbonyl (C=O) groups excluding carboxylic acids is 2. The number of carbonyl (C=O) groups is 2. The Balaban J connectivity index is 1.57. The van der Waals surface area contributed by atoms with E-state index in [0.29, 0.717) is 23.6 Å². The Bertz CT molecular complexity index is 1060. The van der Waals surface area contributed by atoms with Crippen molar-refractivity contribution in [2.24, 2.45) is 0 Å². The second-order valence-electron chi connectivity index (χ2n) is 7.00. The Labute approximate surface area is 181 Å². The summed E-state index contributed by atoms with van der Waals surface area (Å²) < 4.78 is 12.7. The number of amides is 2. The van der Waals surface area contributed by atoms with Crippen LogP contribution in [0.15, 0.2) is 54.7 Å². The maximum Gasteiger partial charge on any atom is 0.279 e. The lowest BCUT2D eigenvalue weighted by Gasteiger charge is -2.15. The molecule has 1 aromatic heterocycles. The molecular weight excluding hydrogens is 396 g/mol. The van der Waals surface area contributed by atoms with Crippen LogP contribution in [0.4, 0.5) is 0 Å². The van der Waals surface area contributed by atoms with Crippen molar-refractivity contribution in [2.45, 2.75) is 33.8 Å². The van der Waals surface area contributed by atoms with E-state index in [-0.39, 0.29) is 0 Å². The summed E-state index contributed by atoms with van der Waals surface area (Å²) in [6.07, 6.45) is 0.660. The van der Waals surface area contributed by atoms with Crippen molar-refractivity contribution in [1.82, 2.24) is 20.6 Å². The van der Waals surface area contributed by atoms with E-state index in [1.807, 2.05) is 38.1 Å². The van der Waals surface area contributed by atoms with Gasteiger partial charge in [0.1, 0.15) is 11.5 Å². The van der Waals surface area contributed by atoms with E-state index in [1.165, 1.54) is 6.20 Å². The molecule has 0 radical (unpaired) electrons. The topological polar surface area (TPSA) is 94.5 Å². The minimum Gasteiger partial charge on any atom is -0.494 e. The van der Waals surface area contributed by atoms with Gasteiger partial charge in [0, 0.05) is 0 Å². The summed E-state index contributed by atoms with van der Waals surface area (Å²) in [6, 6.07) is 14.8. The number of hydrogen-bond donors (Lipinski definition) is 2. The van der Waals surface area contributed by atoms with Gasteiger partial charge in [0.15, 0.2) is 6.10 Å². The van der Waals surface area contributed by atoms with Gasteiger partial charge in [-0.05, 0) is 69.7 Å². The zero-order valence-corrected chi connectivity index (χ0v) is 18.0. The van der Waals surface area contributed by atoms with Gasteiger partial charge in [-0.2, -0.15) is 5.10 Å². The Morgan fingerprint density at radius 3 is 2.45 bits per heavy atom. The van der Waals surface area contributed by atoms with Crippen LogP contribution in [0.1, 0.15) is 35.5 Å². The molecule has 0 aliphatic heterocycles. The fraction of sp³-hybridized carbons (Fsp3) is 0.261. The predicted octanol–water partition coefficient (Wildman–Crippen LogP) is 3.12. The summed E-state index contributed by atoms with van der Waals surface area (Å²) in [5, 5.41) is 4.29. The van der Waals surface area contributed by atoms with Crippen molar-refractivity contribution in [3.63, 3.8) is 0 Å². The van der Waals surface area contributed by atoms with Gasteiger partial charge in [-0.3, -0.25) is 20.4 Å². The molecule has 31 heavy (non-hydrogen) atoms. The summed E-state index contributed by atoms with van der Waals surface area (Å²) in [4.78, 5) is 24.8. The van der Waals surface area contributed by atoms with E-state index >= 15 is 0 Å². The lowest BCUT2D eigenvalue weighted by atomic mass is 10.2. The fourth-order valence-corrected chi connectivity index (χ4v) is 2.98. The molecule has 162 valence electrons. The molecule has 1 atom stereocenters. The fourth-order valence-electron chi connectivity index (χ4n) is 2.98. The number of ether oxygens (including phenoxy) is 2. The maximum absolute atomic E-state index is 12.5. The van der Waals surface area contributed by atoms with E-state index in [0.717, 1.165) is 17.0 Å². The predicted molar refractivity (Wildman–Crippen MR) is 116 cm³/mol. The standard InChI is InChI=1S/C23H26N4O4/c1-5-30-19-9-11-20(12-10-19)31-17(4)22(28)25-26-23(29)21-14-24-27(16(21)3)18-8-6-7-15(2)13-18/h6-14,17H,5H2,1-4H3,(H,25,28)(H,26,29). The molecule has 0 fully saturated rings. The molecule has 0 bridgehead atoms. The molecule has 0 saturated carbocycles. The quantitative estimate of drug-likeness (QED) is 0.571. The molecule has 1 heterocycles. The van der Waals surface area contributed by atoms with Gasteiger partial charge in [0.2, 0.25) is 0 Å². The first-order valence-electron chi connectivity index (χ1n) is 10.0. The van der Waals surface area contributed by atoms with Crippen LogP contribution in [-0.2, 0) is 4.79 Å². The SMILES string of the molecule is CCOc1ccc(OC(C)C(=O)NNC(=O)c2cnn(-c3cccc(C)c3)c2C)cc1. The van der Waals surface area contributed by atoms with E-state index in [1.54, 1.807) is 42.8 Å². The highest BCUT2D eigenvalue weighted by atomic mass is 16.5. The average Bonchev–Trinajstić information content (AvgIpc) is 3.14. The number of nitrogens with one attached hydrogen (secondary N) is 2. The minimum atomic E-state index is -0.811. The summed E-state index contributed by atoms with van der Waals surface area (Å²) in [5.74, 6) is 0.303. The molecule has 2 aromatic carbocycles. The van der Waals surface area contributed by atoms with Crippen LogP contribution in [0.25, 0.3) is 5.69 Å². The van der Waals surface area contributed by atoms with Crippen LogP contribution in [0.3, 0.4) is 0 Å². The van der Waals surface area contributed by atoms with Gasteiger partial charge in [0.05, 0.1) is 29.7 Å². The lowest BCUT2D eigenvalue weighted by molar-refractivity contribution is -0.128. The molecule has 2 N–H and O–H groups in total. The largest absolute Gasteiger partial charge is 0.494 e. The van der Waals surface area contributed by atoms with Gasteiger partial charge in [-0.25, -0.2) is 4.68 Å². The molecular formula is C23H26N4O4. The molecule has 0 saturated heterocycles. The molecule has 0 aliphatic rings. The van der Waals surface area contributed by atoms with Crippen LogP contribution in [0.5, 0.6) is 11.5 Å². The van der Waals surface area contributed by atoms with Gasteiger partial charge < -0.3 is 9.47 Å². The van der Waals surface area contributed by atoms with Gasteiger partial charge in [-0.15, -0.1) is 0 Å². The second kappa shape index (κ2) is 9.80. The van der Waals surface area contributed by atoms with Crippen LogP contribution < -0.4 is 20.3 Å². The average molecular weight is 422 g/mol. The number of rotatable bonds is 7. The Kier molecular flexibility index (Phi) is 6.92. The molecule has 8 heteroatoms. The first-order chi connectivity index (χ1) is 14.9. The second-order valence-corrected chi connectivity index (χ2v) is 7.00. The molecule has 0 spiro atoms. The highest BCUT2D eigenvalue weighted by Crippen LogP contribution is 2.19.